The lowest BCUT2D eigenvalue weighted by atomic mass is 9.97. The van der Waals surface area contributed by atoms with Gasteiger partial charge in [-0.1, -0.05) is 42.5 Å². The zero-order valence-corrected chi connectivity index (χ0v) is 17.4. The van der Waals surface area contributed by atoms with Crippen molar-refractivity contribution in [2.24, 2.45) is 0 Å². The number of amides is 1. The number of hydrogen-bond acceptors (Lipinski definition) is 4. The minimum atomic E-state index is -3.71. The highest BCUT2D eigenvalue weighted by Crippen LogP contribution is 2.28. The Morgan fingerprint density at radius 1 is 1.03 bits per heavy atom. The molecule has 1 aliphatic carbocycles. The third-order valence-electron chi connectivity index (χ3n) is 5.93. The Morgan fingerprint density at radius 2 is 1.83 bits per heavy atom. The summed E-state index contributed by atoms with van der Waals surface area (Å²) >= 11 is 0. The SMILES string of the molecule is O=C(c1ccc(S(=O)(=O)NC2CC2)o1)N1CCC[C@@H]1Cc1cccc2ccccc12. The van der Waals surface area contributed by atoms with Gasteiger partial charge in [0.1, 0.15) is 0 Å². The maximum atomic E-state index is 13.1. The number of nitrogens with one attached hydrogen (secondary N) is 1. The first-order chi connectivity index (χ1) is 14.5. The van der Waals surface area contributed by atoms with Gasteiger partial charge < -0.3 is 9.32 Å². The molecule has 1 aliphatic heterocycles. The van der Waals surface area contributed by atoms with E-state index in [2.05, 4.69) is 35.1 Å². The van der Waals surface area contributed by atoms with Crippen molar-refractivity contribution >= 4 is 26.7 Å². The number of rotatable bonds is 6. The molecule has 0 radical (unpaired) electrons. The van der Waals surface area contributed by atoms with Gasteiger partial charge in [0.15, 0.2) is 5.76 Å². The van der Waals surface area contributed by atoms with Gasteiger partial charge in [-0.05, 0) is 60.6 Å². The van der Waals surface area contributed by atoms with Crippen LogP contribution < -0.4 is 4.72 Å². The maximum Gasteiger partial charge on any atom is 0.289 e. The number of fused-ring (bicyclic) bond motifs is 1. The Hall–Kier alpha value is -2.64. The quantitative estimate of drug-likeness (QED) is 0.654. The zero-order valence-electron chi connectivity index (χ0n) is 16.6. The first-order valence-electron chi connectivity index (χ1n) is 10.4. The summed E-state index contributed by atoms with van der Waals surface area (Å²) < 4.78 is 32.7. The van der Waals surface area contributed by atoms with Gasteiger partial charge in [0.2, 0.25) is 5.09 Å². The van der Waals surface area contributed by atoms with E-state index in [1.165, 1.54) is 28.5 Å². The zero-order chi connectivity index (χ0) is 20.7. The van der Waals surface area contributed by atoms with Crippen molar-refractivity contribution in [3.63, 3.8) is 0 Å². The third kappa shape index (κ3) is 3.75. The second-order valence-electron chi connectivity index (χ2n) is 8.15. The summed E-state index contributed by atoms with van der Waals surface area (Å²) in [5, 5.41) is 2.20. The van der Waals surface area contributed by atoms with E-state index in [1.54, 1.807) is 0 Å². The number of carbonyl (C=O) groups excluding carboxylic acids is 1. The predicted octanol–water partition coefficient (Wildman–Crippen LogP) is 3.72. The molecule has 7 heteroatoms. The van der Waals surface area contributed by atoms with Crippen LogP contribution in [0, 0.1) is 0 Å². The lowest BCUT2D eigenvalue weighted by molar-refractivity contribution is 0.0698. The minimum absolute atomic E-state index is 0.0112. The molecule has 156 valence electrons. The van der Waals surface area contributed by atoms with Gasteiger partial charge in [-0.15, -0.1) is 0 Å². The van der Waals surface area contributed by atoms with Crippen LogP contribution in [0.25, 0.3) is 10.8 Å². The van der Waals surface area contributed by atoms with Crippen LogP contribution in [0.2, 0.25) is 0 Å². The molecular weight excluding hydrogens is 400 g/mol. The molecule has 0 spiro atoms. The van der Waals surface area contributed by atoms with Gasteiger partial charge in [-0.3, -0.25) is 4.79 Å². The predicted molar refractivity (Wildman–Crippen MR) is 114 cm³/mol. The van der Waals surface area contributed by atoms with Crippen molar-refractivity contribution in [2.75, 3.05) is 6.54 Å². The fourth-order valence-electron chi connectivity index (χ4n) is 4.24. The number of sulfonamides is 1. The van der Waals surface area contributed by atoms with E-state index in [-0.39, 0.29) is 28.8 Å². The molecule has 1 N–H and O–H groups in total. The molecule has 2 fully saturated rings. The monoisotopic (exact) mass is 424 g/mol. The normalized spacial score (nSPS) is 19.5. The molecule has 1 aromatic heterocycles. The second kappa shape index (κ2) is 7.56. The Morgan fingerprint density at radius 3 is 2.67 bits per heavy atom. The average Bonchev–Trinajstić information content (AvgIpc) is 3.20. The highest BCUT2D eigenvalue weighted by molar-refractivity contribution is 7.89. The minimum Gasteiger partial charge on any atom is -0.438 e. The van der Waals surface area contributed by atoms with Crippen LogP contribution in [0.1, 0.15) is 41.8 Å². The molecule has 30 heavy (non-hydrogen) atoms. The molecule has 0 bridgehead atoms. The maximum absolute atomic E-state index is 13.1. The van der Waals surface area contributed by atoms with E-state index >= 15 is 0 Å². The Balaban J connectivity index is 1.35. The number of hydrogen-bond donors (Lipinski definition) is 1. The Bertz CT molecular complexity index is 1190. The molecule has 3 aromatic rings. The van der Waals surface area contributed by atoms with Gasteiger partial charge in [0.25, 0.3) is 15.9 Å². The van der Waals surface area contributed by atoms with Crippen molar-refractivity contribution < 1.29 is 17.6 Å². The number of furan rings is 1. The summed E-state index contributed by atoms with van der Waals surface area (Å²) in [5.74, 6) is -0.165. The van der Waals surface area contributed by atoms with Crippen LogP contribution in [0.4, 0.5) is 0 Å². The van der Waals surface area contributed by atoms with Crippen LogP contribution in [-0.2, 0) is 16.4 Å². The summed E-state index contributed by atoms with van der Waals surface area (Å²) in [7, 11) is -3.71. The fourth-order valence-corrected chi connectivity index (χ4v) is 5.48. The molecule has 1 saturated carbocycles. The summed E-state index contributed by atoms with van der Waals surface area (Å²) in [4.78, 5) is 14.9. The van der Waals surface area contributed by atoms with E-state index in [9.17, 15) is 13.2 Å². The fraction of sp³-hybridized carbons (Fsp3) is 0.348. The number of nitrogens with zero attached hydrogens (tertiary/aromatic N) is 1. The van der Waals surface area contributed by atoms with Gasteiger partial charge in [0.05, 0.1) is 0 Å². The van der Waals surface area contributed by atoms with E-state index in [4.69, 9.17) is 4.42 Å². The van der Waals surface area contributed by atoms with Gasteiger partial charge >= 0.3 is 0 Å². The van der Waals surface area contributed by atoms with Crippen LogP contribution in [-0.4, -0.2) is 37.9 Å². The standard InChI is InChI=1S/C23H24N2O4S/c26-23(21-12-13-22(29-21)30(27,28)24-18-10-11-18)25-14-4-8-19(25)15-17-7-3-6-16-5-1-2-9-20(16)17/h1-3,5-7,9,12-13,18-19,24H,4,8,10-11,14-15H2/t19-/m1/s1. The van der Waals surface area contributed by atoms with Crippen molar-refractivity contribution in [2.45, 2.75) is 49.3 Å². The van der Waals surface area contributed by atoms with E-state index < -0.39 is 10.0 Å². The van der Waals surface area contributed by atoms with E-state index in [0.717, 1.165) is 32.1 Å². The van der Waals surface area contributed by atoms with Gasteiger partial charge in [0, 0.05) is 18.6 Å². The topological polar surface area (TPSA) is 79.6 Å². The van der Waals surface area contributed by atoms with Crippen LogP contribution >= 0.6 is 0 Å². The average molecular weight is 425 g/mol. The first-order valence-corrected chi connectivity index (χ1v) is 11.9. The number of carbonyl (C=O) groups is 1. The molecule has 2 aliphatic rings. The Labute approximate surface area is 175 Å². The third-order valence-corrected chi connectivity index (χ3v) is 7.32. The van der Waals surface area contributed by atoms with Crippen LogP contribution in [0.5, 0.6) is 0 Å². The number of likely N-dealkylation sites (tertiary alicyclic amines) is 1. The van der Waals surface area contributed by atoms with Crippen LogP contribution in [0.15, 0.2) is 64.1 Å². The van der Waals surface area contributed by atoms with Crippen molar-refractivity contribution in [1.82, 2.24) is 9.62 Å². The van der Waals surface area contributed by atoms with Crippen molar-refractivity contribution in [3.05, 3.63) is 65.9 Å². The molecule has 0 unspecified atom stereocenters. The van der Waals surface area contributed by atoms with Crippen LogP contribution in [0.3, 0.4) is 0 Å². The van der Waals surface area contributed by atoms with Crippen molar-refractivity contribution in [3.8, 4) is 0 Å². The lowest BCUT2D eigenvalue weighted by Crippen LogP contribution is -2.36. The molecule has 5 rings (SSSR count). The first kappa shape index (κ1) is 19.3. The Kier molecular flexibility index (Phi) is 4.87. The summed E-state index contributed by atoms with van der Waals surface area (Å²) in [6.45, 7) is 0.650. The molecule has 1 saturated heterocycles. The van der Waals surface area contributed by atoms with Crippen molar-refractivity contribution in [1.29, 1.82) is 0 Å². The molecule has 2 heterocycles. The molecule has 6 nitrogen and oxygen atoms in total. The van der Waals surface area contributed by atoms with Gasteiger partial charge in [-0.2, -0.15) is 0 Å². The highest BCUT2D eigenvalue weighted by atomic mass is 32.2. The smallest absolute Gasteiger partial charge is 0.289 e. The van der Waals surface area contributed by atoms with E-state index in [1.807, 2.05) is 17.0 Å². The van der Waals surface area contributed by atoms with Gasteiger partial charge in [-0.25, -0.2) is 13.1 Å². The number of benzene rings is 2. The molecule has 1 atom stereocenters. The summed E-state index contributed by atoms with van der Waals surface area (Å²) in [6, 6.07) is 17.4. The summed E-state index contributed by atoms with van der Waals surface area (Å²) in [6.07, 6.45) is 4.30. The molecular formula is C23H24N2O4S. The molecule has 1 amide bonds. The largest absolute Gasteiger partial charge is 0.438 e. The summed E-state index contributed by atoms with van der Waals surface area (Å²) in [5.41, 5.74) is 1.22. The van der Waals surface area contributed by atoms with E-state index in [0.29, 0.717) is 6.54 Å². The highest BCUT2D eigenvalue weighted by Gasteiger charge is 2.34. The second-order valence-corrected chi connectivity index (χ2v) is 9.80. The molecule has 2 aromatic carbocycles. The lowest BCUT2D eigenvalue weighted by Gasteiger charge is -2.24.